The maximum Gasteiger partial charge on any atom is 0.265 e. The van der Waals surface area contributed by atoms with E-state index in [1.165, 1.54) is 11.3 Å². The van der Waals surface area contributed by atoms with E-state index in [0.29, 0.717) is 23.8 Å². The van der Waals surface area contributed by atoms with E-state index in [9.17, 15) is 4.79 Å². The Morgan fingerprint density at radius 3 is 2.85 bits per heavy atom. The first-order valence-corrected chi connectivity index (χ1v) is 9.19. The molecule has 7 nitrogen and oxygen atoms in total. The van der Waals surface area contributed by atoms with Gasteiger partial charge in [0.1, 0.15) is 0 Å². The molecule has 3 aromatic rings. The average molecular weight is 369 g/mol. The van der Waals surface area contributed by atoms with Gasteiger partial charge in [0.25, 0.3) is 5.91 Å². The second-order valence-corrected chi connectivity index (χ2v) is 7.06. The Labute approximate surface area is 155 Å². The third-order valence-corrected chi connectivity index (χ3v) is 5.36. The molecule has 1 fully saturated rings. The van der Waals surface area contributed by atoms with Gasteiger partial charge in [-0.25, -0.2) is 0 Å². The monoisotopic (exact) mass is 369 g/mol. The van der Waals surface area contributed by atoms with Gasteiger partial charge in [0.2, 0.25) is 0 Å². The van der Waals surface area contributed by atoms with Crippen LogP contribution in [0.4, 0.5) is 10.7 Å². The lowest BCUT2D eigenvalue weighted by Crippen LogP contribution is -2.35. The molecule has 4 rings (SSSR count). The summed E-state index contributed by atoms with van der Waals surface area (Å²) >= 11 is 1.50. The summed E-state index contributed by atoms with van der Waals surface area (Å²) in [7, 11) is 1.82. The summed E-state index contributed by atoms with van der Waals surface area (Å²) in [5, 5.41) is 8.07. The number of anilines is 2. The summed E-state index contributed by atoms with van der Waals surface area (Å²) in [6.45, 7) is 3.03. The van der Waals surface area contributed by atoms with Gasteiger partial charge in [-0.05, 0) is 12.1 Å². The van der Waals surface area contributed by atoms with E-state index < -0.39 is 0 Å². The van der Waals surface area contributed by atoms with E-state index in [-0.39, 0.29) is 5.91 Å². The van der Waals surface area contributed by atoms with Crippen molar-refractivity contribution in [1.82, 2.24) is 14.8 Å². The Bertz CT molecular complexity index is 899. The molecule has 0 aliphatic carbocycles. The first kappa shape index (κ1) is 16.7. The number of ether oxygens (including phenoxy) is 1. The number of thiophene rings is 1. The van der Waals surface area contributed by atoms with E-state index in [4.69, 9.17) is 4.74 Å². The molecule has 0 radical (unpaired) electrons. The van der Waals surface area contributed by atoms with Crippen LogP contribution < -0.4 is 10.2 Å². The number of hydrogen-bond acceptors (Lipinski definition) is 6. The maximum absolute atomic E-state index is 12.7. The normalized spacial score (nSPS) is 14.4. The van der Waals surface area contributed by atoms with E-state index in [1.807, 2.05) is 31.4 Å². The Morgan fingerprint density at radius 2 is 2.15 bits per heavy atom. The second-order valence-electron chi connectivity index (χ2n) is 6.03. The first-order valence-electron chi connectivity index (χ1n) is 8.37. The molecule has 4 heterocycles. The average Bonchev–Trinajstić information content (AvgIpc) is 3.30. The molecule has 0 bridgehead atoms. The highest BCUT2D eigenvalue weighted by Crippen LogP contribution is 2.39. The number of morpholine rings is 1. The van der Waals surface area contributed by atoms with Crippen molar-refractivity contribution in [3.05, 3.63) is 47.9 Å². The number of aryl methyl sites for hydroxylation is 1. The number of rotatable bonds is 4. The molecule has 1 aliphatic heterocycles. The number of nitrogens with zero attached hydrogens (tertiary/aromatic N) is 4. The van der Waals surface area contributed by atoms with Crippen LogP contribution in [0.2, 0.25) is 0 Å². The zero-order valence-corrected chi connectivity index (χ0v) is 15.2. The van der Waals surface area contributed by atoms with Gasteiger partial charge in [-0.15, -0.1) is 11.3 Å². The van der Waals surface area contributed by atoms with Gasteiger partial charge in [-0.2, -0.15) is 5.10 Å². The Kier molecular flexibility index (Phi) is 4.68. The molecule has 0 aromatic carbocycles. The van der Waals surface area contributed by atoms with Crippen LogP contribution in [0.3, 0.4) is 0 Å². The number of pyridine rings is 1. The van der Waals surface area contributed by atoms with E-state index in [1.54, 1.807) is 23.3 Å². The predicted molar refractivity (Wildman–Crippen MR) is 102 cm³/mol. The fraction of sp³-hybridized carbons (Fsp3) is 0.278. The Morgan fingerprint density at radius 1 is 1.31 bits per heavy atom. The van der Waals surface area contributed by atoms with Gasteiger partial charge in [-0.3, -0.25) is 14.5 Å². The summed E-state index contributed by atoms with van der Waals surface area (Å²) in [5.74, 6) is -0.132. The highest BCUT2D eigenvalue weighted by atomic mass is 32.1. The van der Waals surface area contributed by atoms with Crippen molar-refractivity contribution < 1.29 is 9.53 Å². The molecule has 134 valence electrons. The minimum absolute atomic E-state index is 0.132. The minimum atomic E-state index is -0.132. The molecular formula is C18H19N5O2S. The number of nitrogens with one attached hydrogen (secondary N) is 1. The zero-order chi connectivity index (χ0) is 17.9. The number of amides is 1. The fourth-order valence-electron chi connectivity index (χ4n) is 2.90. The van der Waals surface area contributed by atoms with Crippen LogP contribution in [-0.4, -0.2) is 47.0 Å². The van der Waals surface area contributed by atoms with Crippen LogP contribution in [0, 0.1) is 0 Å². The van der Waals surface area contributed by atoms with Gasteiger partial charge in [-0.1, -0.05) is 6.07 Å². The zero-order valence-electron chi connectivity index (χ0n) is 14.4. The summed E-state index contributed by atoms with van der Waals surface area (Å²) < 4.78 is 7.12. The topological polar surface area (TPSA) is 72.3 Å². The lowest BCUT2D eigenvalue weighted by atomic mass is 10.1. The lowest BCUT2D eigenvalue weighted by Gasteiger charge is -2.28. The number of carbonyl (C=O) groups excluding carboxylic acids is 1. The second kappa shape index (κ2) is 7.27. The molecule has 1 N–H and O–H groups in total. The van der Waals surface area contributed by atoms with Gasteiger partial charge < -0.3 is 15.0 Å². The summed E-state index contributed by atoms with van der Waals surface area (Å²) in [5.41, 5.74) is 2.72. The summed E-state index contributed by atoms with van der Waals surface area (Å²) in [4.78, 5) is 19.9. The molecule has 26 heavy (non-hydrogen) atoms. The van der Waals surface area contributed by atoms with Crippen LogP contribution in [0.5, 0.6) is 0 Å². The summed E-state index contributed by atoms with van der Waals surface area (Å²) in [6.07, 6.45) is 6.99. The highest BCUT2D eigenvalue weighted by Gasteiger charge is 2.22. The fourth-order valence-corrected chi connectivity index (χ4v) is 4.03. The molecule has 0 spiro atoms. The number of hydrogen-bond donors (Lipinski definition) is 1. The largest absolute Gasteiger partial charge is 0.378 e. The van der Waals surface area contributed by atoms with Crippen molar-refractivity contribution in [2.45, 2.75) is 0 Å². The SMILES string of the molecule is Cn1cc(NC(=O)c2cc(-c3cccnc3)c(N3CCOCC3)s2)cn1. The van der Waals surface area contributed by atoms with E-state index >= 15 is 0 Å². The number of aromatic nitrogens is 3. The van der Waals surface area contributed by atoms with Gasteiger partial charge in [0.15, 0.2) is 0 Å². The van der Waals surface area contributed by atoms with Crippen molar-refractivity contribution in [2.75, 3.05) is 36.5 Å². The minimum Gasteiger partial charge on any atom is -0.378 e. The molecule has 3 aromatic heterocycles. The highest BCUT2D eigenvalue weighted by molar-refractivity contribution is 7.18. The molecule has 0 atom stereocenters. The van der Waals surface area contributed by atoms with Crippen LogP contribution in [0.15, 0.2) is 43.0 Å². The standard InChI is InChI=1S/C18H19N5O2S/c1-22-12-14(11-20-22)21-17(24)16-9-15(13-3-2-4-19-10-13)18(26-16)23-5-7-25-8-6-23/h2-4,9-12H,5-8H2,1H3,(H,21,24). The Hall–Kier alpha value is -2.71. The van der Waals surface area contributed by atoms with Crippen molar-refractivity contribution >= 4 is 27.9 Å². The van der Waals surface area contributed by atoms with E-state index in [0.717, 1.165) is 29.2 Å². The molecular weight excluding hydrogens is 350 g/mol. The van der Waals surface area contributed by atoms with Crippen LogP contribution in [0.25, 0.3) is 11.1 Å². The van der Waals surface area contributed by atoms with Gasteiger partial charge in [0.05, 0.1) is 35.0 Å². The van der Waals surface area contributed by atoms with Crippen molar-refractivity contribution in [3.63, 3.8) is 0 Å². The maximum atomic E-state index is 12.7. The molecule has 0 unspecified atom stereocenters. The number of carbonyl (C=O) groups is 1. The molecule has 8 heteroatoms. The molecule has 1 saturated heterocycles. The van der Waals surface area contributed by atoms with Crippen LogP contribution in [0.1, 0.15) is 9.67 Å². The van der Waals surface area contributed by atoms with Crippen molar-refractivity contribution in [3.8, 4) is 11.1 Å². The molecule has 0 saturated carbocycles. The van der Waals surface area contributed by atoms with Crippen molar-refractivity contribution in [1.29, 1.82) is 0 Å². The quantitative estimate of drug-likeness (QED) is 0.765. The third kappa shape index (κ3) is 3.47. The Balaban J connectivity index is 1.67. The smallest absolute Gasteiger partial charge is 0.265 e. The summed E-state index contributed by atoms with van der Waals surface area (Å²) in [6, 6.07) is 5.87. The predicted octanol–water partition coefficient (Wildman–Crippen LogP) is 2.63. The lowest BCUT2D eigenvalue weighted by molar-refractivity contribution is 0.103. The van der Waals surface area contributed by atoms with Crippen LogP contribution in [-0.2, 0) is 11.8 Å². The molecule has 1 amide bonds. The van der Waals surface area contributed by atoms with Gasteiger partial charge in [0, 0.05) is 49.9 Å². The van der Waals surface area contributed by atoms with Crippen molar-refractivity contribution in [2.24, 2.45) is 7.05 Å². The third-order valence-electron chi connectivity index (χ3n) is 4.17. The molecule has 1 aliphatic rings. The van der Waals surface area contributed by atoms with Crippen LogP contribution >= 0.6 is 11.3 Å². The van der Waals surface area contributed by atoms with Gasteiger partial charge >= 0.3 is 0 Å². The van der Waals surface area contributed by atoms with E-state index in [2.05, 4.69) is 20.3 Å². The first-order chi connectivity index (χ1) is 12.7.